The fraction of sp³-hybridized carbons (Fsp3) is 0. The summed E-state index contributed by atoms with van der Waals surface area (Å²) in [5.41, 5.74) is 0.844. The van der Waals surface area contributed by atoms with E-state index in [0.29, 0.717) is 11.4 Å². The normalized spacial score (nSPS) is 9.94. The van der Waals surface area contributed by atoms with E-state index in [1.165, 1.54) is 12.1 Å². The molecule has 4 nitrogen and oxygen atoms in total. The van der Waals surface area contributed by atoms with Gasteiger partial charge in [0.2, 0.25) is 0 Å². The third-order valence-electron chi connectivity index (χ3n) is 2.06. The number of rotatable bonds is 2. The van der Waals surface area contributed by atoms with Gasteiger partial charge in [-0.25, -0.2) is 4.98 Å². The Labute approximate surface area is 106 Å². The topological polar surface area (TPSA) is 62.2 Å². The van der Waals surface area contributed by atoms with Gasteiger partial charge in [-0.1, -0.05) is 6.07 Å². The summed E-state index contributed by atoms with van der Waals surface area (Å²) < 4.78 is 0.811. The fourth-order valence-corrected chi connectivity index (χ4v) is 1.52. The van der Waals surface area contributed by atoms with Gasteiger partial charge >= 0.3 is 0 Å². The highest BCUT2D eigenvalue weighted by Crippen LogP contribution is 2.16. The molecule has 2 N–H and O–H groups in total. The van der Waals surface area contributed by atoms with Gasteiger partial charge in [0, 0.05) is 22.4 Å². The lowest BCUT2D eigenvalue weighted by Gasteiger charge is -2.04. The first-order valence-corrected chi connectivity index (χ1v) is 5.66. The van der Waals surface area contributed by atoms with Crippen molar-refractivity contribution < 1.29 is 9.90 Å². The van der Waals surface area contributed by atoms with E-state index in [2.05, 4.69) is 26.2 Å². The van der Waals surface area contributed by atoms with Crippen LogP contribution in [0, 0.1) is 0 Å². The van der Waals surface area contributed by atoms with E-state index in [4.69, 9.17) is 0 Å². The van der Waals surface area contributed by atoms with Crippen molar-refractivity contribution in [2.24, 2.45) is 0 Å². The second-order valence-electron chi connectivity index (χ2n) is 3.37. The summed E-state index contributed by atoms with van der Waals surface area (Å²) >= 11 is 3.24. The number of amides is 1. The molecule has 0 aliphatic carbocycles. The third-order valence-corrected chi connectivity index (χ3v) is 2.53. The molecule has 0 spiro atoms. The minimum atomic E-state index is -0.317. The van der Waals surface area contributed by atoms with Gasteiger partial charge < -0.3 is 10.4 Å². The van der Waals surface area contributed by atoms with Gasteiger partial charge in [0.15, 0.2) is 0 Å². The Hall–Kier alpha value is -1.88. The van der Waals surface area contributed by atoms with E-state index in [9.17, 15) is 9.90 Å². The number of halogens is 1. The van der Waals surface area contributed by atoms with Crippen molar-refractivity contribution in [2.45, 2.75) is 0 Å². The standard InChI is InChI=1S/C12H9BrN2O2/c13-8-4-5-11(14-7-8)12(17)15-9-2-1-3-10(16)6-9/h1-7,16H,(H,15,17). The molecule has 0 unspecified atom stereocenters. The summed E-state index contributed by atoms with van der Waals surface area (Å²) in [6.07, 6.45) is 1.55. The lowest BCUT2D eigenvalue weighted by atomic mass is 10.3. The number of carbonyl (C=O) groups excluding carboxylic acids is 1. The molecule has 1 heterocycles. The second-order valence-corrected chi connectivity index (χ2v) is 4.28. The summed E-state index contributed by atoms with van der Waals surface area (Å²) in [5, 5.41) is 11.9. The maximum absolute atomic E-state index is 11.8. The van der Waals surface area contributed by atoms with E-state index >= 15 is 0 Å². The lowest BCUT2D eigenvalue weighted by Crippen LogP contribution is -2.13. The number of nitrogens with zero attached hydrogens (tertiary/aromatic N) is 1. The Morgan fingerprint density at radius 1 is 1.29 bits per heavy atom. The first-order valence-electron chi connectivity index (χ1n) is 4.87. The number of anilines is 1. The van der Waals surface area contributed by atoms with Crippen LogP contribution in [0.4, 0.5) is 5.69 Å². The van der Waals surface area contributed by atoms with Crippen LogP contribution in [-0.2, 0) is 0 Å². The SMILES string of the molecule is O=C(Nc1cccc(O)c1)c1ccc(Br)cn1. The molecule has 17 heavy (non-hydrogen) atoms. The van der Waals surface area contributed by atoms with Crippen molar-refractivity contribution in [3.05, 3.63) is 52.8 Å². The molecule has 86 valence electrons. The molecule has 1 aromatic heterocycles. The Kier molecular flexibility index (Phi) is 3.39. The average Bonchev–Trinajstić information content (AvgIpc) is 2.29. The van der Waals surface area contributed by atoms with Crippen LogP contribution in [0.15, 0.2) is 47.1 Å². The van der Waals surface area contributed by atoms with Crippen LogP contribution in [0.3, 0.4) is 0 Å². The predicted octanol–water partition coefficient (Wildman–Crippen LogP) is 2.80. The Morgan fingerprint density at radius 3 is 2.76 bits per heavy atom. The molecule has 0 aliphatic rings. The average molecular weight is 293 g/mol. The highest BCUT2D eigenvalue weighted by Gasteiger charge is 2.07. The van der Waals surface area contributed by atoms with Gasteiger partial charge in [0.25, 0.3) is 5.91 Å². The van der Waals surface area contributed by atoms with Crippen molar-refractivity contribution >= 4 is 27.5 Å². The number of benzene rings is 1. The van der Waals surface area contributed by atoms with Crippen molar-refractivity contribution in [2.75, 3.05) is 5.32 Å². The van der Waals surface area contributed by atoms with E-state index in [1.54, 1.807) is 30.5 Å². The molecule has 1 aromatic carbocycles. The van der Waals surface area contributed by atoms with Crippen LogP contribution >= 0.6 is 15.9 Å². The first kappa shape index (κ1) is 11.6. The Bertz CT molecular complexity index is 540. The summed E-state index contributed by atoms with van der Waals surface area (Å²) in [5.74, 6) is -0.213. The Balaban J connectivity index is 2.14. The van der Waals surface area contributed by atoms with Gasteiger partial charge in [-0.2, -0.15) is 0 Å². The highest BCUT2D eigenvalue weighted by atomic mass is 79.9. The molecule has 0 atom stereocenters. The molecule has 2 aromatic rings. The zero-order valence-corrected chi connectivity index (χ0v) is 10.3. The number of phenols is 1. The molecular formula is C12H9BrN2O2. The van der Waals surface area contributed by atoms with E-state index in [0.717, 1.165) is 4.47 Å². The van der Waals surface area contributed by atoms with E-state index in [1.807, 2.05) is 0 Å². The summed E-state index contributed by atoms with van der Waals surface area (Å²) in [4.78, 5) is 15.7. The smallest absolute Gasteiger partial charge is 0.274 e. The first-order chi connectivity index (χ1) is 8.15. The van der Waals surface area contributed by atoms with Gasteiger partial charge in [-0.3, -0.25) is 4.79 Å². The predicted molar refractivity (Wildman–Crippen MR) is 68.0 cm³/mol. The zero-order chi connectivity index (χ0) is 12.3. The number of nitrogens with one attached hydrogen (secondary N) is 1. The number of carbonyl (C=O) groups is 1. The number of pyridine rings is 1. The lowest BCUT2D eigenvalue weighted by molar-refractivity contribution is 0.102. The molecule has 0 bridgehead atoms. The molecule has 1 amide bonds. The van der Waals surface area contributed by atoms with Gasteiger partial charge in [0.1, 0.15) is 11.4 Å². The molecule has 2 rings (SSSR count). The maximum Gasteiger partial charge on any atom is 0.274 e. The minimum Gasteiger partial charge on any atom is -0.508 e. The number of aromatic nitrogens is 1. The second kappa shape index (κ2) is 4.97. The van der Waals surface area contributed by atoms with Crippen molar-refractivity contribution in [1.29, 1.82) is 0 Å². The monoisotopic (exact) mass is 292 g/mol. The fourth-order valence-electron chi connectivity index (χ4n) is 1.29. The maximum atomic E-state index is 11.8. The zero-order valence-electron chi connectivity index (χ0n) is 8.72. The number of hydrogen-bond acceptors (Lipinski definition) is 3. The molecule has 0 radical (unpaired) electrons. The molecule has 0 fully saturated rings. The summed E-state index contributed by atoms with van der Waals surface area (Å²) in [6.45, 7) is 0. The summed E-state index contributed by atoms with van der Waals surface area (Å²) in [6, 6.07) is 9.70. The van der Waals surface area contributed by atoms with E-state index in [-0.39, 0.29) is 11.7 Å². The molecular weight excluding hydrogens is 284 g/mol. The van der Waals surface area contributed by atoms with Gasteiger partial charge in [-0.15, -0.1) is 0 Å². The van der Waals surface area contributed by atoms with Crippen LogP contribution in [0.2, 0.25) is 0 Å². The van der Waals surface area contributed by atoms with Crippen molar-refractivity contribution in [3.8, 4) is 5.75 Å². The van der Waals surface area contributed by atoms with Gasteiger partial charge in [0.05, 0.1) is 0 Å². The highest BCUT2D eigenvalue weighted by molar-refractivity contribution is 9.10. The number of phenolic OH excluding ortho intramolecular Hbond substituents is 1. The van der Waals surface area contributed by atoms with Crippen LogP contribution in [0.25, 0.3) is 0 Å². The van der Waals surface area contributed by atoms with Crippen LogP contribution < -0.4 is 5.32 Å². The van der Waals surface area contributed by atoms with Crippen molar-refractivity contribution in [3.63, 3.8) is 0 Å². The quantitative estimate of drug-likeness (QED) is 0.895. The number of hydrogen-bond donors (Lipinski definition) is 2. The summed E-state index contributed by atoms with van der Waals surface area (Å²) in [7, 11) is 0. The van der Waals surface area contributed by atoms with Crippen molar-refractivity contribution in [1.82, 2.24) is 4.98 Å². The van der Waals surface area contributed by atoms with Gasteiger partial charge in [-0.05, 0) is 40.2 Å². The van der Waals surface area contributed by atoms with Crippen LogP contribution in [-0.4, -0.2) is 16.0 Å². The minimum absolute atomic E-state index is 0.103. The van der Waals surface area contributed by atoms with E-state index < -0.39 is 0 Å². The van der Waals surface area contributed by atoms with Crippen LogP contribution in [0.5, 0.6) is 5.75 Å². The Morgan fingerprint density at radius 2 is 2.12 bits per heavy atom. The molecule has 5 heteroatoms. The third kappa shape index (κ3) is 3.04. The molecule has 0 aliphatic heterocycles. The largest absolute Gasteiger partial charge is 0.508 e. The number of aromatic hydroxyl groups is 1. The molecule has 0 saturated carbocycles. The van der Waals surface area contributed by atoms with Crippen LogP contribution in [0.1, 0.15) is 10.5 Å². The molecule has 0 saturated heterocycles.